The fourth-order valence-electron chi connectivity index (χ4n) is 3.71. The van der Waals surface area contributed by atoms with Crippen molar-refractivity contribution in [3.05, 3.63) is 57.2 Å². The first-order valence-corrected chi connectivity index (χ1v) is 12.8. The van der Waals surface area contributed by atoms with Gasteiger partial charge in [-0.3, -0.25) is 10.1 Å². The maximum atomic E-state index is 12.7. The maximum absolute atomic E-state index is 12.7. The summed E-state index contributed by atoms with van der Waals surface area (Å²) in [5.41, 5.74) is 3.40. The molecule has 0 saturated carbocycles. The van der Waals surface area contributed by atoms with E-state index in [1.807, 2.05) is 26.0 Å². The van der Waals surface area contributed by atoms with E-state index in [1.54, 1.807) is 6.07 Å². The van der Waals surface area contributed by atoms with E-state index in [2.05, 4.69) is 21.6 Å². The summed E-state index contributed by atoms with van der Waals surface area (Å²) in [7, 11) is -3.59. The minimum atomic E-state index is -3.59. The Morgan fingerprint density at radius 1 is 1.22 bits per heavy atom. The Balaban J connectivity index is 1.33. The monoisotopic (exact) mass is 494 g/mol. The molecule has 0 spiro atoms. The van der Waals surface area contributed by atoms with Crippen LogP contribution in [-0.4, -0.2) is 41.9 Å². The second kappa shape index (κ2) is 9.30. The van der Waals surface area contributed by atoms with Gasteiger partial charge in [0.2, 0.25) is 11.8 Å². The Hall–Kier alpha value is -2.27. The van der Waals surface area contributed by atoms with Crippen LogP contribution in [0.1, 0.15) is 35.4 Å². The summed E-state index contributed by atoms with van der Waals surface area (Å²) in [5.74, 6) is -0.159. The first kappa shape index (κ1) is 22.9. The number of carbonyl (C=O) groups is 1. The number of hydrogen-bond acceptors (Lipinski definition) is 7. The summed E-state index contributed by atoms with van der Waals surface area (Å²) in [4.78, 5) is 12.6. The average molecular weight is 495 g/mol. The average Bonchev–Trinajstić information content (AvgIpc) is 3.39. The topological polar surface area (TPSA) is 105 Å². The minimum Gasteiger partial charge on any atom is -0.407 e. The van der Waals surface area contributed by atoms with Gasteiger partial charge < -0.3 is 4.42 Å². The molecule has 0 atom stereocenters. The molecular weight excluding hydrogens is 472 g/mol. The predicted octanol–water partition coefficient (Wildman–Crippen LogP) is 4.03. The van der Waals surface area contributed by atoms with Crippen molar-refractivity contribution in [2.75, 3.05) is 18.4 Å². The van der Waals surface area contributed by atoms with Crippen LogP contribution in [0.25, 0.3) is 0 Å². The largest absolute Gasteiger partial charge is 0.407 e. The van der Waals surface area contributed by atoms with Crippen LogP contribution in [0.5, 0.6) is 0 Å². The zero-order valence-corrected chi connectivity index (χ0v) is 20.1. The van der Waals surface area contributed by atoms with Crippen molar-refractivity contribution in [3.63, 3.8) is 0 Å². The van der Waals surface area contributed by atoms with Crippen LogP contribution in [0.2, 0.25) is 4.34 Å². The highest BCUT2D eigenvalue weighted by Gasteiger charge is 2.33. The Kier molecular flexibility index (Phi) is 6.66. The number of nitrogens with one attached hydrogen (secondary N) is 1. The van der Waals surface area contributed by atoms with Gasteiger partial charge >= 0.3 is 6.01 Å². The molecule has 11 heteroatoms. The molecule has 8 nitrogen and oxygen atoms in total. The number of anilines is 1. The lowest BCUT2D eigenvalue weighted by molar-refractivity contribution is -0.121. The quantitative estimate of drug-likeness (QED) is 0.554. The molecule has 1 aliphatic rings. The molecule has 0 aliphatic carbocycles. The van der Waals surface area contributed by atoms with E-state index in [0.29, 0.717) is 29.5 Å². The van der Waals surface area contributed by atoms with Crippen molar-refractivity contribution in [1.82, 2.24) is 14.5 Å². The summed E-state index contributed by atoms with van der Waals surface area (Å²) < 4.78 is 33.0. The van der Waals surface area contributed by atoms with Crippen molar-refractivity contribution in [3.8, 4) is 0 Å². The van der Waals surface area contributed by atoms with Gasteiger partial charge in [0.05, 0.1) is 10.8 Å². The lowest BCUT2D eigenvalue weighted by atomic mass is 9.97. The van der Waals surface area contributed by atoms with E-state index in [4.69, 9.17) is 16.0 Å². The molecule has 2 aromatic heterocycles. The molecule has 0 radical (unpaired) electrons. The Labute approximate surface area is 195 Å². The molecule has 1 N–H and O–H groups in total. The van der Waals surface area contributed by atoms with Crippen LogP contribution in [0.15, 0.2) is 39.0 Å². The summed E-state index contributed by atoms with van der Waals surface area (Å²) in [5, 5.41) is 10.6. The molecule has 1 saturated heterocycles. The molecule has 1 aromatic carbocycles. The summed E-state index contributed by atoms with van der Waals surface area (Å²) in [6.45, 7) is 4.59. The van der Waals surface area contributed by atoms with Crippen LogP contribution < -0.4 is 5.32 Å². The summed E-state index contributed by atoms with van der Waals surface area (Å²) in [6, 6.07) is 9.27. The number of carbonyl (C=O) groups excluding carboxylic acids is 1. The SMILES string of the molecule is Cc1ccc(Cc2nnc(NC(=O)C3CCN(S(=O)(=O)c4ccc(Cl)s4)CC3)o2)c(C)c1. The van der Waals surface area contributed by atoms with Crippen molar-refractivity contribution in [2.45, 2.75) is 37.3 Å². The number of amides is 1. The van der Waals surface area contributed by atoms with Gasteiger partial charge in [0, 0.05) is 19.0 Å². The summed E-state index contributed by atoms with van der Waals surface area (Å²) in [6.07, 6.45) is 1.30. The van der Waals surface area contributed by atoms with Crippen molar-refractivity contribution in [2.24, 2.45) is 5.92 Å². The van der Waals surface area contributed by atoms with Gasteiger partial charge in [-0.1, -0.05) is 40.5 Å². The number of aryl methyl sites for hydroxylation is 2. The predicted molar refractivity (Wildman–Crippen MR) is 122 cm³/mol. The third-order valence-electron chi connectivity index (χ3n) is 5.50. The molecule has 3 heterocycles. The highest BCUT2D eigenvalue weighted by molar-refractivity contribution is 7.91. The lowest BCUT2D eigenvalue weighted by Gasteiger charge is -2.29. The third-order valence-corrected chi connectivity index (χ3v) is 9.10. The lowest BCUT2D eigenvalue weighted by Crippen LogP contribution is -2.41. The third kappa shape index (κ3) is 5.03. The smallest absolute Gasteiger partial charge is 0.322 e. The molecule has 0 unspecified atom stereocenters. The molecule has 1 aliphatic heterocycles. The molecule has 1 amide bonds. The normalized spacial score (nSPS) is 15.7. The first-order chi connectivity index (χ1) is 15.2. The van der Waals surface area contributed by atoms with Crippen LogP contribution >= 0.6 is 22.9 Å². The van der Waals surface area contributed by atoms with Crippen molar-refractivity contribution >= 4 is 44.9 Å². The van der Waals surface area contributed by atoms with Gasteiger partial charge in [-0.2, -0.15) is 4.31 Å². The van der Waals surface area contributed by atoms with Crippen molar-refractivity contribution in [1.29, 1.82) is 0 Å². The fraction of sp³-hybridized carbons (Fsp3) is 0.381. The van der Waals surface area contributed by atoms with E-state index in [0.717, 1.165) is 22.5 Å². The van der Waals surface area contributed by atoms with Crippen LogP contribution in [0.3, 0.4) is 0 Å². The number of benzene rings is 1. The summed E-state index contributed by atoms with van der Waals surface area (Å²) >= 11 is 6.90. The van der Waals surface area contributed by atoms with Gasteiger partial charge in [-0.25, -0.2) is 8.42 Å². The van der Waals surface area contributed by atoms with Gasteiger partial charge in [-0.05, 0) is 49.9 Å². The van der Waals surface area contributed by atoms with Crippen LogP contribution in [0.4, 0.5) is 6.01 Å². The van der Waals surface area contributed by atoms with Crippen LogP contribution in [-0.2, 0) is 21.2 Å². The number of thiophene rings is 1. The highest BCUT2D eigenvalue weighted by atomic mass is 35.5. The Morgan fingerprint density at radius 2 is 1.97 bits per heavy atom. The second-order valence-corrected chi connectivity index (χ2v) is 11.7. The molecule has 3 aromatic rings. The van der Waals surface area contributed by atoms with E-state index in [9.17, 15) is 13.2 Å². The fourth-order valence-corrected chi connectivity index (χ4v) is 6.82. The number of hydrogen-bond donors (Lipinski definition) is 1. The van der Waals surface area contributed by atoms with E-state index >= 15 is 0 Å². The Bertz CT molecular complexity index is 1230. The standard InChI is InChI=1S/C21H23ClN4O4S2/c1-13-3-4-16(14(2)11-13)12-18-24-25-21(30-18)23-20(27)15-7-9-26(10-8-15)32(28,29)19-6-5-17(22)31-19/h3-6,11,15H,7-10,12H2,1-2H3,(H,23,25,27). The zero-order chi connectivity index (χ0) is 22.9. The van der Waals surface area contributed by atoms with E-state index < -0.39 is 10.0 Å². The highest BCUT2D eigenvalue weighted by Crippen LogP contribution is 2.30. The number of halogens is 1. The molecule has 170 valence electrons. The van der Waals surface area contributed by atoms with Gasteiger partial charge in [-0.15, -0.1) is 16.4 Å². The minimum absolute atomic E-state index is 0.0537. The number of nitrogens with zero attached hydrogens (tertiary/aromatic N) is 3. The van der Waals surface area contributed by atoms with Crippen LogP contribution in [0, 0.1) is 19.8 Å². The number of aromatic nitrogens is 2. The van der Waals surface area contributed by atoms with Crippen molar-refractivity contribution < 1.29 is 17.6 Å². The van der Waals surface area contributed by atoms with Gasteiger partial charge in [0.15, 0.2) is 0 Å². The number of piperidine rings is 1. The maximum Gasteiger partial charge on any atom is 0.322 e. The molecular formula is C21H23ClN4O4S2. The molecule has 32 heavy (non-hydrogen) atoms. The molecule has 0 bridgehead atoms. The van der Waals surface area contributed by atoms with E-state index in [-0.39, 0.29) is 35.1 Å². The van der Waals surface area contributed by atoms with E-state index in [1.165, 1.54) is 15.9 Å². The second-order valence-electron chi connectivity index (χ2n) is 7.83. The Morgan fingerprint density at radius 3 is 2.62 bits per heavy atom. The molecule has 4 rings (SSSR count). The zero-order valence-electron chi connectivity index (χ0n) is 17.7. The number of rotatable bonds is 6. The first-order valence-electron chi connectivity index (χ1n) is 10.2. The molecule has 1 fully saturated rings. The van der Waals surface area contributed by atoms with Gasteiger partial charge in [0.1, 0.15) is 4.21 Å². The number of sulfonamides is 1. The van der Waals surface area contributed by atoms with Gasteiger partial charge in [0.25, 0.3) is 10.0 Å².